The Kier molecular flexibility index (Phi) is 4.06. The molecule has 3 rings (SSSR count). The lowest BCUT2D eigenvalue weighted by Crippen LogP contribution is -2.34. The second-order valence-corrected chi connectivity index (χ2v) is 5.99. The molecular weight excluding hydrogens is 282 g/mol. The van der Waals surface area contributed by atoms with Crippen LogP contribution in [0.3, 0.4) is 0 Å². The van der Waals surface area contributed by atoms with Crippen LogP contribution in [0, 0.1) is 0 Å². The first-order valence-corrected chi connectivity index (χ1v) is 7.80. The Morgan fingerprint density at radius 1 is 1.38 bits per heavy atom. The molecule has 1 aliphatic heterocycles. The highest BCUT2D eigenvalue weighted by Crippen LogP contribution is 2.24. The average molecular weight is 299 g/mol. The molecule has 1 aliphatic rings. The van der Waals surface area contributed by atoms with Gasteiger partial charge in [0.2, 0.25) is 5.91 Å². The highest BCUT2D eigenvalue weighted by Gasteiger charge is 2.19. The van der Waals surface area contributed by atoms with Crippen molar-refractivity contribution >= 4 is 23.3 Å². The largest absolute Gasteiger partial charge is 0.497 e. The highest BCUT2D eigenvalue weighted by molar-refractivity contribution is 7.10. The number of fused-ring (bicyclic) bond motifs is 1. The first kappa shape index (κ1) is 13.9. The molecule has 0 saturated carbocycles. The van der Waals surface area contributed by atoms with Crippen molar-refractivity contribution in [2.45, 2.75) is 13.0 Å². The third kappa shape index (κ3) is 3.16. The van der Waals surface area contributed by atoms with Gasteiger partial charge in [0.05, 0.1) is 7.11 Å². The maximum atomic E-state index is 12.3. The highest BCUT2D eigenvalue weighted by atomic mass is 32.1. The Morgan fingerprint density at radius 2 is 2.29 bits per heavy atom. The van der Waals surface area contributed by atoms with Gasteiger partial charge >= 0.3 is 0 Å². The lowest BCUT2D eigenvalue weighted by molar-refractivity contribution is -0.126. The number of carbonyl (C=O) groups is 1. The van der Waals surface area contributed by atoms with E-state index in [1.54, 1.807) is 24.5 Å². The van der Waals surface area contributed by atoms with E-state index in [-0.39, 0.29) is 5.91 Å². The Morgan fingerprint density at radius 3 is 3.14 bits per heavy atom. The van der Waals surface area contributed by atoms with Gasteiger partial charge < -0.3 is 9.64 Å². The van der Waals surface area contributed by atoms with Gasteiger partial charge in [0.15, 0.2) is 0 Å². The molecule has 0 saturated heterocycles. The van der Waals surface area contributed by atoms with Gasteiger partial charge in [-0.1, -0.05) is 12.1 Å². The van der Waals surface area contributed by atoms with E-state index in [4.69, 9.17) is 4.74 Å². The zero-order valence-corrected chi connectivity index (χ0v) is 12.7. The zero-order valence-electron chi connectivity index (χ0n) is 11.9. The van der Waals surface area contributed by atoms with Crippen LogP contribution in [0.2, 0.25) is 0 Å². The van der Waals surface area contributed by atoms with Crippen LogP contribution < -0.4 is 4.74 Å². The van der Waals surface area contributed by atoms with Crippen molar-refractivity contribution in [3.63, 3.8) is 0 Å². The molecule has 3 nitrogen and oxygen atoms in total. The van der Waals surface area contributed by atoms with Crippen molar-refractivity contribution < 1.29 is 9.53 Å². The van der Waals surface area contributed by atoms with E-state index in [1.165, 1.54) is 10.4 Å². The van der Waals surface area contributed by atoms with Crippen LogP contribution >= 0.6 is 11.3 Å². The lowest BCUT2D eigenvalue weighted by Gasteiger charge is -2.25. The minimum absolute atomic E-state index is 0.0645. The molecule has 0 fully saturated rings. The van der Waals surface area contributed by atoms with Crippen molar-refractivity contribution in [3.8, 4) is 5.75 Å². The van der Waals surface area contributed by atoms with Crippen molar-refractivity contribution in [2.24, 2.45) is 0 Å². The van der Waals surface area contributed by atoms with Crippen LogP contribution in [-0.4, -0.2) is 24.5 Å². The monoisotopic (exact) mass is 299 g/mol. The summed E-state index contributed by atoms with van der Waals surface area (Å²) in [5.41, 5.74) is 2.25. The van der Waals surface area contributed by atoms with Gasteiger partial charge in [-0.25, -0.2) is 0 Å². The van der Waals surface area contributed by atoms with Crippen molar-refractivity contribution in [1.29, 1.82) is 0 Å². The predicted molar refractivity (Wildman–Crippen MR) is 85.5 cm³/mol. The second kappa shape index (κ2) is 6.14. The van der Waals surface area contributed by atoms with Crippen LogP contribution in [0.1, 0.15) is 16.0 Å². The Balaban J connectivity index is 1.67. The average Bonchev–Trinajstić information content (AvgIpc) is 3.00. The summed E-state index contributed by atoms with van der Waals surface area (Å²) in [6.45, 7) is 1.52. The normalized spacial score (nSPS) is 14.2. The number of thiophene rings is 1. The molecule has 4 heteroatoms. The molecule has 0 unspecified atom stereocenters. The number of ether oxygens (including phenoxy) is 1. The molecule has 21 heavy (non-hydrogen) atoms. The maximum Gasteiger partial charge on any atom is 0.246 e. The molecule has 0 spiro atoms. The van der Waals surface area contributed by atoms with E-state index in [1.807, 2.05) is 35.2 Å². The van der Waals surface area contributed by atoms with Crippen LogP contribution in [0.5, 0.6) is 5.75 Å². The summed E-state index contributed by atoms with van der Waals surface area (Å²) in [5, 5.41) is 2.10. The van der Waals surface area contributed by atoms with Gasteiger partial charge in [0.1, 0.15) is 5.75 Å². The van der Waals surface area contributed by atoms with Crippen molar-refractivity contribution in [2.75, 3.05) is 13.7 Å². The van der Waals surface area contributed by atoms with Gasteiger partial charge in [-0.05, 0) is 47.2 Å². The Hall–Kier alpha value is -2.07. The Bertz CT molecular complexity index is 675. The number of benzene rings is 1. The minimum atomic E-state index is 0.0645. The first-order valence-electron chi connectivity index (χ1n) is 6.92. The second-order valence-electron chi connectivity index (χ2n) is 4.99. The fourth-order valence-corrected chi connectivity index (χ4v) is 3.34. The summed E-state index contributed by atoms with van der Waals surface area (Å²) in [6.07, 6.45) is 4.45. The molecule has 0 N–H and O–H groups in total. The minimum Gasteiger partial charge on any atom is -0.497 e. The smallest absolute Gasteiger partial charge is 0.246 e. The number of rotatable bonds is 3. The number of carbonyl (C=O) groups excluding carboxylic acids is 1. The van der Waals surface area contributed by atoms with E-state index in [2.05, 4.69) is 11.4 Å². The quantitative estimate of drug-likeness (QED) is 0.813. The fourth-order valence-electron chi connectivity index (χ4n) is 2.45. The summed E-state index contributed by atoms with van der Waals surface area (Å²) in [4.78, 5) is 15.6. The summed E-state index contributed by atoms with van der Waals surface area (Å²) >= 11 is 1.78. The molecule has 0 aliphatic carbocycles. The summed E-state index contributed by atoms with van der Waals surface area (Å²) < 4.78 is 5.18. The first-order chi connectivity index (χ1) is 10.3. The molecule has 1 amide bonds. The third-order valence-corrected chi connectivity index (χ3v) is 4.65. The predicted octanol–water partition coefficient (Wildman–Crippen LogP) is 3.35. The van der Waals surface area contributed by atoms with Gasteiger partial charge in [-0.15, -0.1) is 11.3 Å². The molecule has 0 atom stereocenters. The van der Waals surface area contributed by atoms with Gasteiger partial charge in [-0.2, -0.15) is 0 Å². The molecule has 0 radical (unpaired) electrons. The molecule has 0 bridgehead atoms. The van der Waals surface area contributed by atoms with Crippen molar-refractivity contribution in [1.82, 2.24) is 4.90 Å². The molecule has 1 aromatic heterocycles. The number of hydrogen-bond acceptors (Lipinski definition) is 3. The van der Waals surface area contributed by atoms with Gasteiger partial charge in [0, 0.05) is 24.0 Å². The molecule has 2 aromatic rings. The van der Waals surface area contributed by atoms with Crippen LogP contribution in [0.4, 0.5) is 0 Å². The third-order valence-electron chi connectivity index (χ3n) is 3.63. The lowest BCUT2D eigenvalue weighted by atomic mass is 10.1. The van der Waals surface area contributed by atoms with Gasteiger partial charge in [0.25, 0.3) is 0 Å². The zero-order chi connectivity index (χ0) is 14.7. The summed E-state index contributed by atoms with van der Waals surface area (Å²) in [7, 11) is 1.64. The molecule has 2 heterocycles. The number of hydrogen-bond donors (Lipinski definition) is 0. The van der Waals surface area contributed by atoms with E-state index in [9.17, 15) is 4.79 Å². The van der Waals surface area contributed by atoms with E-state index < -0.39 is 0 Å². The summed E-state index contributed by atoms with van der Waals surface area (Å²) in [5.74, 6) is 0.861. The van der Waals surface area contributed by atoms with Crippen LogP contribution in [-0.2, 0) is 17.8 Å². The number of nitrogens with zero attached hydrogens (tertiary/aromatic N) is 1. The van der Waals surface area contributed by atoms with Gasteiger partial charge in [-0.3, -0.25) is 4.79 Å². The van der Waals surface area contributed by atoms with Crippen molar-refractivity contribution in [3.05, 3.63) is 57.8 Å². The summed E-state index contributed by atoms with van der Waals surface area (Å²) in [6, 6.07) is 9.80. The maximum absolute atomic E-state index is 12.3. The van der Waals surface area contributed by atoms with E-state index in [0.29, 0.717) is 0 Å². The fraction of sp³-hybridized carbons (Fsp3) is 0.235. The van der Waals surface area contributed by atoms with Crippen LogP contribution in [0.15, 0.2) is 41.8 Å². The molecule has 108 valence electrons. The SMILES string of the molecule is COc1cccc(C=CC(=O)N2CCc3sccc3C2)c1. The number of amides is 1. The molecular formula is C17H17NO2S. The molecule has 1 aromatic carbocycles. The number of methoxy groups -OCH3 is 1. The topological polar surface area (TPSA) is 29.5 Å². The van der Waals surface area contributed by atoms with Crippen LogP contribution in [0.25, 0.3) is 6.08 Å². The van der Waals surface area contributed by atoms with E-state index in [0.717, 1.165) is 30.8 Å². The van der Waals surface area contributed by atoms with E-state index >= 15 is 0 Å². The Labute approximate surface area is 128 Å². The standard InChI is InChI=1S/C17H17NO2S/c1-20-15-4-2-3-13(11-15)5-6-17(19)18-9-7-16-14(12-18)8-10-21-16/h2-6,8,10-11H,7,9,12H2,1H3.